The third-order valence-corrected chi connectivity index (χ3v) is 3.19. The van der Waals surface area contributed by atoms with Crippen LogP contribution in [0.5, 0.6) is 0 Å². The van der Waals surface area contributed by atoms with Gasteiger partial charge in [0, 0.05) is 25.0 Å². The average molecular weight is 220 g/mol. The molecule has 0 bridgehead atoms. The third kappa shape index (κ3) is 3.29. The standard InChI is InChI=1S/C13H20N2O/c14-13(11-4-3-8-15-10-11)7-6-12-5-1-2-9-16-12/h3-4,8,10,12-13H,1-2,5-7,9,14H2. The molecule has 0 radical (unpaired) electrons. The Kier molecular flexibility index (Phi) is 4.31. The van der Waals surface area contributed by atoms with E-state index in [4.69, 9.17) is 10.5 Å². The fourth-order valence-corrected chi connectivity index (χ4v) is 2.16. The minimum atomic E-state index is 0.0965. The number of hydrogen-bond donors (Lipinski definition) is 1. The number of rotatable bonds is 4. The van der Waals surface area contributed by atoms with Crippen molar-refractivity contribution < 1.29 is 4.74 Å². The van der Waals surface area contributed by atoms with Gasteiger partial charge in [-0.15, -0.1) is 0 Å². The van der Waals surface area contributed by atoms with Crippen LogP contribution in [0.15, 0.2) is 24.5 Å². The van der Waals surface area contributed by atoms with Crippen LogP contribution in [0.1, 0.15) is 43.7 Å². The van der Waals surface area contributed by atoms with E-state index in [-0.39, 0.29) is 6.04 Å². The molecule has 2 unspecified atom stereocenters. The van der Waals surface area contributed by atoms with Crippen molar-refractivity contribution in [3.8, 4) is 0 Å². The monoisotopic (exact) mass is 220 g/mol. The zero-order valence-electron chi connectivity index (χ0n) is 9.64. The third-order valence-electron chi connectivity index (χ3n) is 3.19. The molecule has 1 aliphatic heterocycles. The Morgan fingerprint density at radius 1 is 1.50 bits per heavy atom. The molecule has 0 saturated carbocycles. The first-order valence-electron chi connectivity index (χ1n) is 6.13. The maximum atomic E-state index is 6.12. The number of aromatic nitrogens is 1. The van der Waals surface area contributed by atoms with Crippen LogP contribution in [0.2, 0.25) is 0 Å². The van der Waals surface area contributed by atoms with Crippen LogP contribution in [-0.4, -0.2) is 17.7 Å². The minimum Gasteiger partial charge on any atom is -0.378 e. The Labute approximate surface area is 97.0 Å². The van der Waals surface area contributed by atoms with Crippen molar-refractivity contribution in [1.82, 2.24) is 4.98 Å². The van der Waals surface area contributed by atoms with Crippen LogP contribution in [0.3, 0.4) is 0 Å². The molecular formula is C13H20N2O. The molecule has 0 aliphatic carbocycles. The molecule has 1 aromatic rings. The van der Waals surface area contributed by atoms with Crippen LogP contribution >= 0.6 is 0 Å². The molecule has 3 heteroatoms. The van der Waals surface area contributed by atoms with Gasteiger partial charge in [-0.1, -0.05) is 6.07 Å². The van der Waals surface area contributed by atoms with E-state index in [9.17, 15) is 0 Å². The van der Waals surface area contributed by atoms with E-state index in [2.05, 4.69) is 4.98 Å². The van der Waals surface area contributed by atoms with Crippen molar-refractivity contribution in [3.05, 3.63) is 30.1 Å². The smallest absolute Gasteiger partial charge is 0.0575 e. The quantitative estimate of drug-likeness (QED) is 0.847. The van der Waals surface area contributed by atoms with Crippen LogP contribution in [0.4, 0.5) is 0 Å². The van der Waals surface area contributed by atoms with E-state index in [1.807, 2.05) is 18.3 Å². The summed E-state index contributed by atoms with van der Waals surface area (Å²) in [6.45, 7) is 0.923. The molecule has 0 spiro atoms. The molecule has 0 amide bonds. The predicted molar refractivity (Wildman–Crippen MR) is 64.0 cm³/mol. The van der Waals surface area contributed by atoms with Gasteiger partial charge in [-0.3, -0.25) is 4.98 Å². The number of nitrogens with zero attached hydrogens (tertiary/aromatic N) is 1. The minimum absolute atomic E-state index is 0.0965. The van der Waals surface area contributed by atoms with Gasteiger partial charge in [0.15, 0.2) is 0 Å². The summed E-state index contributed by atoms with van der Waals surface area (Å²) in [5, 5.41) is 0. The molecule has 88 valence electrons. The molecule has 1 saturated heterocycles. The summed E-state index contributed by atoms with van der Waals surface area (Å²) in [7, 11) is 0. The number of pyridine rings is 1. The SMILES string of the molecule is NC(CCC1CCCCO1)c1cccnc1. The molecule has 0 aromatic carbocycles. The largest absolute Gasteiger partial charge is 0.378 e. The second-order valence-corrected chi connectivity index (χ2v) is 4.46. The van der Waals surface area contributed by atoms with E-state index >= 15 is 0 Å². The van der Waals surface area contributed by atoms with E-state index in [0.29, 0.717) is 6.10 Å². The van der Waals surface area contributed by atoms with Gasteiger partial charge in [-0.2, -0.15) is 0 Å². The average Bonchev–Trinajstić information content (AvgIpc) is 2.38. The molecule has 2 rings (SSSR count). The van der Waals surface area contributed by atoms with Crippen molar-refractivity contribution in [1.29, 1.82) is 0 Å². The Balaban J connectivity index is 1.77. The van der Waals surface area contributed by atoms with Gasteiger partial charge in [0.2, 0.25) is 0 Å². The lowest BCUT2D eigenvalue weighted by Gasteiger charge is -2.23. The van der Waals surface area contributed by atoms with Crippen LogP contribution < -0.4 is 5.73 Å². The van der Waals surface area contributed by atoms with Crippen LogP contribution in [0.25, 0.3) is 0 Å². The second-order valence-electron chi connectivity index (χ2n) is 4.46. The van der Waals surface area contributed by atoms with Gasteiger partial charge in [0.05, 0.1) is 6.10 Å². The summed E-state index contributed by atoms with van der Waals surface area (Å²) in [5.74, 6) is 0. The zero-order chi connectivity index (χ0) is 11.2. The van der Waals surface area contributed by atoms with Crippen LogP contribution in [-0.2, 0) is 4.74 Å². The highest BCUT2D eigenvalue weighted by molar-refractivity contribution is 5.12. The Bertz CT molecular complexity index is 296. The summed E-state index contributed by atoms with van der Waals surface area (Å²) < 4.78 is 5.69. The summed E-state index contributed by atoms with van der Waals surface area (Å²) in [5.41, 5.74) is 7.24. The van der Waals surface area contributed by atoms with Gasteiger partial charge in [-0.05, 0) is 43.7 Å². The van der Waals surface area contributed by atoms with Gasteiger partial charge < -0.3 is 10.5 Å². The Morgan fingerprint density at radius 2 is 2.44 bits per heavy atom. The number of nitrogens with two attached hydrogens (primary N) is 1. The predicted octanol–water partition coefficient (Wildman–Crippen LogP) is 2.43. The molecule has 1 aliphatic rings. The van der Waals surface area contributed by atoms with Gasteiger partial charge in [0.1, 0.15) is 0 Å². The highest BCUT2D eigenvalue weighted by Crippen LogP contribution is 2.21. The first kappa shape index (κ1) is 11.6. The van der Waals surface area contributed by atoms with Crippen molar-refractivity contribution in [2.75, 3.05) is 6.61 Å². The fourth-order valence-electron chi connectivity index (χ4n) is 2.16. The molecule has 1 aromatic heterocycles. The fraction of sp³-hybridized carbons (Fsp3) is 0.615. The summed E-state index contributed by atoms with van der Waals surface area (Å²) >= 11 is 0. The molecule has 2 heterocycles. The lowest BCUT2D eigenvalue weighted by molar-refractivity contribution is 0.00912. The molecule has 16 heavy (non-hydrogen) atoms. The van der Waals surface area contributed by atoms with Crippen molar-refractivity contribution in [2.24, 2.45) is 5.73 Å². The maximum absolute atomic E-state index is 6.12. The zero-order valence-corrected chi connectivity index (χ0v) is 9.64. The number of hydrogen-bond acceptors (Lipinski definition) is 3. The van der Waals surface area contributed by atoms with Gasteiger partial charge in [0.25, 0.3) is 0 Å². The van der Waals surface area contributed by atoms with Crippen molar-refractivity contribution >= 4 is 0 Å². The van der Waals surface area contributed by atoms with Crippen molar-refractivity contribution in [2.45, 2.75) is 44.2 Å². The topological polar surface area (TPSA) is 48.1 Å². The molecular weight excluding hydrogens is 200 g/mol. The number of ether oxygens (including phenoxy) is 1. The Hall–Kier alpha value is -0.930. The molecule has 2 N–H and O–H groups in total. The summed E-state index contributed by atoms with van der Waals surface area (Å²) in [4.78, 5) is 4.09. The first-order valence-corrected chi connectivity index (χ1v) is 6.13. The highest BCUT2D eigenvalue weighted by Gasteiger charge is 2.15. The van der Waals surface area contributed by atoms with Crippen LogP contribution in [0, 0.1) is 0 Å². The summed E-state index contributed by atoms with van der Waals surface area (Å²) in [6, 6.07) is 4.07. The lowest BCUT2D eigenvalue weighted by atomic mass is 9.99. The van der Waals surface area contributed by atoms with E-state index in [1.165, 1.54) is 19.3 Å². The van der Waals surface area contributed by atoms with E-state index < -0.39 is 0 Å². The Morgan fingerprint density at radius 3 is 3.12 bits per heavy atom. The first-order chi connectivity index (χ1) is 7.86. The lowest BCUT2D eigenvalue weighted by Crippen LogP contribution is -2.21. The van der Waals surface area contributed by atoms with E-state index in [1.54, 1.807) is 6.20 Å². The van der Waals surface area contributed by atoms with Gasteiger partial charge in [-0.25, -0.2) is 0 Å². The molecule has 1 fully saturated rings. The maximum Gasteiger partial charge on any atom is 0.0575 e. The van der Waals surface area contributed by atoms with Gasteiger partial charge >= 0.3 is 0 Å². The second kappa shape index (κ2) is 5.97. The normalized spacial score (nSPS) is 22.9. The molecule has 2 atom stereocenters. The summed E-state index contributed by atoms with van der Waals surface area (Å²) in [6.07, 6.45) is 9.81. The van der Waals surface area contributed by atoms with E-state index in [0.717, 1.165) is 25.0 Å². The van der Waals surface area contributed by atoms with Crippen molar-refractivity contribution in [3.63, 3.8) is 0 Å². The molecule has 3 nitrogen and oxygen atoms in total. The highest BCUT2D eigenvalue weighted by atomic mass is 16.5.